The van der Waals surface area contributed by atoms with Crippen LogP contribution in [-0.2, 0) is 11.3 Å². The number of rotatable bonds is 6. The molecule has 2 aromatic rings. The van der Waals surface area contributed by atoms with Crippen LogP contribution in [0.25, 0.3) is 0 Å². The first-order valence-corrected chi connectivity index (χ1v) is 9.30. The van der Waals surface area contributed by atoms with Crippen LogP contribution < -0.4 is 10.2 Å². The van der Waals surface area contributed by atoms with Crippen molar-refractivity contribution < 1.29 is 9.18 Å². The van der Waals surface area contributed by atoms with Crippen LogP contribution in [-0.4, -0.2) is 17.4 Å². The molecule has 1 N–H and O–H groups in total. The van der Waals surface area contributed by atoms with Crippen molar-refractivity contribution in [1.29, 1.82) is 0 Å². The standard InChI is InChI=1S/C19H26FN3OS/c1-13(2)10-21-18-22-15(12-25-18)11-23(17(24)19(3,4)5)16-8-6-14(20)7-9-16/h6-9,12-13H,10-11H2,1-5H3,(H,21,22). The van der Waals surface area contributed by atoms with E-state index in [0.29, 0.717) is 18.2 Å². The third-order valence-electron chi connectivity index (χ3n) is 3.56. The second-order valence-corrected chi connectivity index (χ2v) is 8.39. The molecule has 2 rings (SSSR count). The average molecular weight is 364 g/mol. The molecule has 0 radical (unpaired) electrons. The lowest BCUT2D eigenvalue weighted by Gasteiger charge is -2.29. The van der Waals surface area contributed by atoms with E-state index >= 15 is 0 Å². The Morgan fingerprint density at radius 1 is 1.28 bits per heavy atom. The summed E-state index contributed by atoms with van der Waals surface area (Å²) >= 11 is 1.53. The molecule has 0 aliphatic heterocycles. The van der Waals surface area contributed by atoms with Crippen LogP contribution in [0.4, 0.5) is 15.2 Å². The highest BCUT2D eigenvalue weighted by Crippen LogP contribution is 2.26. The lowest BCUT2D eigenvalue weighted by Crippen LogP contribution is -2.39. The SMILES string of the molecule is CC(C)CNc1nc(CN(C(=O)C(C)(C)C)c2ccc(F)cc2)cs1. The first-order valence-electron chi connectivity index (χ1n) is 8.42. The van der Waals surface area contributed by atoms with Crippen LogP contribution in [0.5, 0.6) is 0 Å². The highest BCUT2D eigenvalue weighted by molar-refractivity contribution is 7.13. The molecule has 1 aromatic carbocycles. The summed E-state index contributed by atoms with van der Waals surface area (Å²) in [6, 6.07) is 6.00. The molecular formula is C19H26FN3OS. The highest BCUT2D eigenvalue weighted by atomic mass is 32.1. The molecule has 6 heteroatoms. The van der Waals surface area contributed by atoms with Crippen molar-refractivity contribution in [2.45, 2.75) is 41.2 Å². The lowest BCUT2D eigenvalue weighted by atomic mass is 9.94. The molecule has 0 saturated carbocycles. The molecule has 136 valence electrons. The van der Waals surface area contributed by atoms with Gasteiger partial charge >= 0.3 is 0 Å². The van der Waals surface area contributed by atoms with Gasteiger partial charge < -0.3 is 10.2 Å². The molecule has 25 heavy (non-hydrogen) atoms. The van der Waals surface area contributed by atoms with Gasteiger partial charge in [0.25, 0.3) is 0 Å². The normalized spacial score (nSPS) is 11.6. The summed E-state index contributed by atoms with van der Waals surface area (Å²) in [6.07, 6.45) is 0. The van der Waals surface area contributed by atoms with Crippen molar-refractivity contribution in [2.24, 2.45) is 11.3 Å². The van der Waals surface area contributed by atoms with Crippen molar-refractivity contribution in [2.75, 3.05) is 16.8 Å². The van der Waals surface area contributed by atoms with Crippen molar-refractivity contribution in [1.82, 2.24) is 4.98 Å². The van der Waals surface area contributed by atoms with Crippen LogP contribution in [0.1, 0.15) is 40.3 Å². The Morgan fingerprint density at radius 2 is 1.92 bits per heavy atom. The van der Waals surface area contributed by atoms with Crippen LogP contribution in [0, 0.1) is 17.2 Å². The number of thiazole rings is 1. The molecule has 0 atom stereocenters. The molecule has 0 saturated heterocycles. The minimum absolute atomic E-state index is 0.0243. The minimum atomic E-state index is -0.539. The maximum absolute atomic E-state index is 13.2. The summed E-state index contributed by atoms with van der Waals surface area (Å²) in [5.41, 5.74) is 0.951. The fourth-order valence-electron chi connectivity index (χ4n) is 2.22. The van der Waals surface area contributed by atoms with E-state index in [-0.39, 0.29) is 11.7 Å². The Bertz CT molecular complexity index is 704. The lowest BCUT2D eigenvalue weighted by molar-refractivity contribution is -0.125. The Labute approximate surface area is 153 Å². The van der Waals surface area contributed by atoms with Gasteiger partial charge in [0.1, 0.15) is 5.82 Å². The molecule has 0 aliphatic carbocycles. The number of hydrogen-bond acceptors (Lipinski definition) is 4. The van der Waals surface area contributed by atoms with Crippen LogP contribution in [0.15, 0.2) is 29.6 Å². The van der Waals surface area contributed by atoms with Crippen molar-refractivity contribution in [3.63, 3.8) is 0 Å². The molecular weight excluding hydrogens is 337 g/mol. The van der Waals surface area contributed by atoms with E-state index in [0.717, 1.165) is 17.4 Å². The number of carbonyl (C=O) groups excluding carboxylic acids is 1. The number of nitrogens with one attached hydrogen (secondary N) is 1. The van der Waals surface area contributed by atoms with Gasteiger partial charge in [-0.3, -0.25) is 4.79 Å². The zero-order valence-corrected chi connectivity index (χ0v) is 16.3. The van der Waals surface area contributed by atoms with Crippen molar-refractivity contribution >= 4 is 28.1 Å². The van der Waals surface area contributed by atoms with Gasteiger partial charge in [-0.05, 0) is 30.2 Å². The van der Waals surface area contributed by atoms with Gasteiger partial charge in [-0.2, -0.15) is 0 Å². The number of benzene rings is 1. The molecule has 4 nitrogen and oxygen atoms in total. The van der Waals surface area contributed by atoms with Crippen molar-refractivity contribution in [3.05, 3.63) is 41.2 Å². The zero-order chi connectivity index (χ0) is 18.6. The molecule has 0 fully saturated rings. The van der Waals surface area contributed by atoms with Gasteiger partial charge in [0.05, 0.1) is 12.2 Å². The Kier molecular flexibility index (Phi) is 6.16. The second kappa shape index (κ2) is 7.95. The van der Waals surface area contributed by atoms with Gasteiger partial charge in [-0.25, -0.2) is 9.37 Å². The quantitative estimate of drug-likeness (QED) is 0.791. The van der Waals surface area contributed by atoms with Gasteiger partial charge in [0.15, 0.2) is 5.13 Å². The summed E-state index contributed by atoms with van der Waals surface area (Å²) in [6.45, 7) is 11.1. The zero-order valence-electron chi connectivity index (χ0n) is 15.5. The van der Waals surface area contributed by atoms with E-state index in [1.807, 2.05) is 26.2 Å². The Hall–Kier alpha value is -1.95. The Morgan fingerprint density at radius 3 is 2.48 bits per heavy atom. The number of carbonyl (C=O) groups is 1. The van der Waals surface area contributed by atoms with E-state index in [2.05, 4.69) is 24.1 Å². The molecule has 0 unspecified atom stereocenters. The van der Waals surface area contributed by atoms with Gasteiger partial charge in [-0.15, -0.1) is 11.3 Å². The van der Waals surface area contributed by atoms with E-state index < -0.39 is 5.41 Å². The van der Waals surface area contributed by atoms with Crippen molar-refractivity contribution in [3.8, 4) is 0 Å². The van der Waals surface area contributed by atoms with Gasteiger partial charge in [0.2, 0.25) is 5.91 Å². The number of anilines is 2. The first kappa shape index (κ1) is 19.4. The van der Waals surface area contributed by atoms with E-state index in [9.17, 15) is 9.18 Å². The smallest absolute Gasteiger partial charge is 0.232 e. The topological polar surface area (TPSA) is 45.2 Å². The number of nitrogens with zero attached hydrogens (tertiary/aromatic N) is 2. The number of aromatic nitrogens is 1. The fourth-order valence-corrected chi connectivity index (χ4v) is 2.93. The minimum Gasteiger partial charge on any atom is -0.361 e. The summed E-state index contributed by atoms with van der Waals surface area (Å²) in [5.74, 6) is 0.190. The van der Waals surface area contributed by atoms with Crippen LogP contribution in [0.2, 0.25) is 0 Å². The molecule has 0 aliphatic rings. The van der Waals surface area contributed by atoms with Gasteiger partial charge in [-0.1, -0.05) is 34.6 Å². The van der Waals surface area contributed by atoms with Crippen LogP contribution in [0.3, 0.4) is 0 Å². The number of halogens is 1. The number of hydrogen-bond donors (Lipinski definition) is 1. The summed E-state index contributed by atoms with van der Waals surface area (Å²) in [4.78, 5) is 19.1. The van der Waals surface area contributed by atoms with Crippen LogP contribution >= 0.6 is 11.3 Å². The summed E-state index contributed by atoms with van der Waals surface area (Å²) < 4.78 is 13.2. The largest absolute Gasteiger partial charge is 0.361 e. The van der Waals surface area contributed by atoms with E-state index in [1.165, 1.54) is 23.5 Å². The average Bonchev–Trinajstić information content (AvgIpc) is 2.98. The van der Waals surface area contributed by atoms with Gasteiger partial charge in [0, 0.05) is 23.0 Å². The molecule has 1 amide bonds. The summed E-state index contributed by atoms with van der Waals surface area (Å²) in [7, 11) is 0. The molecule has 0 spiro atoms. The van der Waals surface area contributed by atoms with E-state index in [1.54, 1.807) is 17.0 Å². The maximum atomic E-state index is 13.2. The summed E-state index contributed by atoms with van der Waals surface area (Å²) in [5, 5.41) is 6.11. The number of amides is 1. The second-order valence-electron chi connectivity index (χ2n) is 7.54. The molecule has 1 aromatic heterocycles. The molecule has 0 bridgehead atoms. The first-order chi connectivity index (χ1) is 11.7. The predicted molar refractivity (Wildman–Crippen MR) is 102 cm³/mol. The highest BCUT2D eigenvalue weighted by Gasteiger charge is 2.29. The third kappa shape index (κ3) is 5.53. The Balaban J connectivity index is 2.21. The molecule has 1 heterocycles. The maximum Gasteiger partial charge on any atom is 0.232 e. The fraction of sp³-hybridized carbons (Fsp3) is 0.474. The third-order valence-corrected chi connectivity index (χ3v) is 4.41. The van der Waals surface area contributed by atoms with E-state index in [4.69, 9.17) is 0 Å². The monoisotopic (exact) mass is 363 g/mol. The predicted octanol–water partition coefficient (Wildman–Crippen LogP) is 4.93.